The molecule has 2 N–H and O–H groups in total. The normalized spacial score (nSPS) is 25.2. The minimum atomic E-state index is 0.193. The summed E-state index contributed by atoms with van der Waals surface area (Å²) >= 11 is 1.94. The Kier molecular flexibility index (Phi) is 5.62. The molecule has 0 spiro atoms. The number of nitrogens with one attached hydrogen (secondary N) is 2. The number of hydrogen-bond acceptors (Lipinski definition) is 4. The Morgan fingerprint density at radius 2 is 2.23 bits per heavy atom. The van der Waals surface area contributed by atoms with Crippen LogP contribution in [0.5, 0.6) is 0 Å². The largest absolute Gasteiger partial charge is 0.371 e. The van der Waals surface area contributed by atoms with Crippen molar-refractivity contribution in [1.82, 2.24) is 10.6 Å². The molecule has 22 heavy (non-hydrogen) atoms. The third-order valence-corrected chi connectivity index (χ3v) is 5.56. The molecule has 3 rings (SSSR count). The minimum Gasteiger partial charge on any atom is -0.371 e. The van der Waals surface area contributed by atoms with Crippen molar-refractivity contribution in [2.45, 2.75) is 18.9 Å². The van der Waals surface area contributed by atoms with E-state index in [1.165, 1.54) is 5.69 Å². The molecule has 2 aliphatic heterocycles. The standard InChI is InChI=1S/C17H25N3OS/c21-17(10-15-13-22-9-7-18-15)19-11-14-6-8-20(12-14)16-4-2-1-3-5-16/h1-5,14-15,18H,6-13H2,(H,19,21). The Bertz CT molecular complexity index is 476. The molecule has 2 atom stereocenters. The highest BCUT2D eigenvalue weighted by atomic mass is 32.2. The van der Waals surface area contributed by atoms with Crippen LogP contribution in [0.25, 0.3) is 0 Å². The number of hydrogen-bond donors (Lipinski definition) is 2. The fourth-order valence-electron chi connectivity index (χ4n) is 3.18. The number of benzene rings is 1. The van der Waals surface area contributed by atoms with Crippen molar-refractivity contribution in [3.05, 3.63) is 30.3 Å². The molecule has 1 amide bonds. The van der Waals surface area contributed by atoms with E-state index < -0.39 is 0 Å². The van der Waals surface area contributed by atoms with Crippen LogP contribution in [-0.4, -0.2) is 49.6 Å². The lowest BCUT2D eigenvalue weighted by Gasteiger charge is -2.23. The molecule has 1 aromatic rings. The number of carbonyl (C=O) groups is 1. The second-order valence-electron chi connectivity index (χ2n) is 6.17. The van der Waals surface area contributed by atoms with Gasteiger partial charge in [0.05, 0.1) is 0 Å². The van der Waals surface area contributed by atoms with Crippen LogP contribution in [0, 0.1) is 5.92 Å². The van der Waals surface area contributed by atoms with Crippen LogP contribution in [0.1, 0.15) is 12.8 Å². The molecular weight excluding hydrogens is 294 g/mol. The molecule has 0 bridgehead atoms. The fraction of sp³-hybridized carbons (Fsp3) is 0.588. The summed E-state index contributed by atoms with van der Waals surface area (Å²) in [5.74, 6) is 2.98. The summed E-state index contributed by atoms with van der Waals surface area (Å²) in [5.41, 5.74) is 1.29. The Balaban J connectivity index is 1.38. The molecule has 2 aliphatic rings. The van der Waals surface area contributed by atoms with Crippen molar-refractivity contribution in [2.75, 3.05) is 42.6 Å². The number of anilines is 1. The lowest BCUT2D eigenvalue weighted by Crippen LogP contribution is -2.42. The topological polar surface area (TPSA) is 44.4 Å². The first-order valence-corrected chi connectivity index (χ1v) is 9.34. The van der Waals surface area contributed by atoms with Crippen molar-refractivity contribution in [3.63, 3.8) is 0 Å². The smallest absolute Gasteiger partial charge is 0.221 e. The maximum absolute atomic E-state index is 12.0. The van der Waals surface area contributed by atoms with Gasteiger partial charge in [-0.1, -0.05) is 18.2 Å². The van der Waals surface area contributed by atoms with Crippen molar-refractivity contribution in [3.8, 4) is 0 Å². The SMILES string of the molecule is O=C(CC1CSCCN1)NCC1CCN(c2ccccc2)C1. The molecule has 0 saturated carbocycles. The highest BCUT2D eigenvalue weighted by Gasteiger charge is 2.23. The Labute approximate surface area is 137 Å². The fourth-order valence-corrected chi connectivity index (χ4v) is 4.13. The second kappa shape index (κ2) is 7.88. The predicted octanol–water partition coefficient (Wildman–Crippen LogP) is 1.72. The predicted molar refractivity (Wildman–Crippen MR) is 93.5 cm³/mol. The van der Waals surface area contributed by atoms with Crippen molar-refractivity contribution in [1.29, 1.82) is 0 Å². The molecule has 2 fully saturated rings. The number of amides is 1. The van der Waals surface area contributed by atoms with Crippen LogP contribution in [0.2, 0.25) is 0 Å². The van der Waals surface area contributed by atoms with E-state index in [0.717, 1.165) is 44.1 Å². The van der Waals surface area contributed by atoms with Gasteiger partial charge in [-0.25, -0.2) is 0 Å². The van der Waals surface area contributed by atoms with Gasteiger partial charge in [-0.3, -0.25) is 4.79 Å². The number of thioether (sulfide) groups is 1. The number of nitrogens with zero attached hydrogens (tertiary/aromatic N) is 1. The summed E-state index contributed by atoms with van der Waals surface area (Å²) in [6.07, 6.45) is 1.77. The van der Waals surface area contributed by atoms with E-state index in [4.69, 9.17) is 0 Å². The molecule has 120 valence electrons. The highest BCUT2D eigenvalue weighted by molar-refractivity contribution is 7.99. The van der Waals surface area contributed by atoms with Crippen molar-refractivity contribution >= 4 is 23.4 Å². The van der Waals surface area contributed by atoms with Gasteiger partial charge < -0.3 is 15.5 Å². The van der Waals surface area contributed by atoms with Gasteiger partial charge in [0.2, 0.25) is 5.91 Å². The molecule has 2 saturated heterocycles. The zero-order chi connectivity index (χ0) is 15.2. The summed E-state index contributed by atoms with van der Waals surface area (Å²) in [7, 11) is 0. The first-order chi connectivity index (χ1) is 10.8. The van der Waals surface area contributed by atoms with Crippen molar-refractivity contribution in [2.24, 2.45) is 5.92 Å². The van der Waals surface area contributed by atoms with E-state index in [1.54, 1.807) is 0 Å². The minimum absolute atomic E-state index is 0.193. The first-order valence-electron chi connectivity index (χ1n) is 8.19. The monoisotopic (exact) mass is 319 g/mol. The quantitative estimate of drug-likeness (QED) is 0.867. The Morgan fingerprint density at radius 1 is 1.36 bits per heavy atom. The van der Waals surface area contributed by atoms with Gasteiger partial charge in [0.15, 0.2) is 0 Å². The van der Waals surface area contributed by atoms with Crippen LogP contribution in [0.3, 0.4) is 0 Å². The number of rotatable bonds is 5. The van der Waals surface area contributed by atoms with Gasteiger partial charge in [0.1, 0.15) is 0 Å². The summed E-state index contributed by atoms with van der Waals surface area (Å²) in [6, 6.07) is 10.9. The number of carbonyl (C=O) groups excluding carboxylic acids is 1. The average Bonchev–Trinajstić information content (AvgIpc) is 3.04. The van der Waals surface area contributed by atoms with Crippen LogP contribution in [-0.2, 0) is 4.79 Å². The summed E-state index contributed by atoms with van der Waals surface area (Å²) < 4.78 is 0. The first kappa shape index (κ1) is 15.7. The van der Waals surface area contributed by atoms with E-state index in [2.05, 4.69) is 45.9 Å². The van der Waals surface area contributed by atoms with E-state index in [-0.39, 0.29) is 5.91 Å². The van der Waals surface area contributed by atoms with E-state index in [0.29, 0.717) is 18.4 Å². The molecule has 1 aromatic carbocycles. The molecular formula is C17H25N3OS. The van der Waals surface area contributed by atoms with Gasteiger partial charge in [0, 0.05) is 55.8 Å². The second-order valence-corrected chi connectivity index (χ2v) is 7.32. The molecule has 4 nitrogen and oxygen atoms in total. The van der Waals surface area contributed by atoms with Gasteiger partial charge in [0.25, 0.3) is 0 Å². The van der Waals surface area contributed by atoms with Gasteiger partial charge >= 0.3 is 0 Å². The summed E-state index contributed by atoms with van der Waals surface area (Å²) in [4.78, 5) is 14.5. The van der Waals surface area contributed by atoms with E-state index in [9.17, 15) is 4.79 Å². The maximum Gasteiger partial charge on any atom is 0.221 e. The number of para-hydroxylation sites is 1. The zero-order valence-electron chi connectivity index (χ0n) is 13.0. The van der Waals surface area contributed by atoms with Gasteiger partial charge in [-0.2, -0.15) is 11.8 Å². The maximum atomic E-state index is 12.0. The average molecular weight is 319 g/mol. The van der Waals surface area contributed by atoms with Crippen LogP contribution < -0.4 is 15.5 Å². The molecule has 5 heteroatoms. The molecule has 0 radical (unpaired) electrons. The van der Waals surface area contributed by atoms with Crippen LogP contribution in [0.15, 0.2) is 30.3 Å². The van der Waals surface area contributed by atoms with Crippen molar-refractivity contribution < 1.29 is 4.79 Å². The highest BCUT2D eigenvalue weighted by Crippen LogP contribution is 2.23. The summed E-state index contributed by atoms with van der Waals surface area (Å²) in [6.45, 7) is 3.96. The third-order valence-electron chi connectivity index (χ3n) is 4.43. The Hall–Kier alpha value is -1.20. The van der Waals surface area contributed by atoms with Crippen LogP contribution in [0.4, 0.5) is 5.69 Å². The lowest BCUT2D eigenvalue weighted by atomic mass is 10.1. The Morgan fingerprint density at radius 3 is 3.00 bits per heavy atom. The molecule has 0 aliphatic carbocycles. The molecule has 2 heterocycles. The van der Waals surface area contributed by atoms with E-state index in [1.807, 2.05) is 11.8 Å². The molecule has 2 unspecified atom stereocenters. The van der Waals surface area contributed by atoms with Crippen LogP contribution >= 0.6 is 11.8 Å². The van der Waals surface area contributed by atoms with Gasteiger partial charge in [-0.05, 0) is 24.5 Å². The summed E-state index contributed by atoms with van der Waals surface area (Å²) in [5, 5.41) is 6.55. The third kappa shape index (κ3) is 4.40. The molecule has 0 aromatic heterocycles. The van der Waals surface area contributed by atoms with E-state index >= 15 is 0 Å². The zero-order valence-corrected chi connectivity index (χ0v) is 13.8. The van der Waals surface area contributed by atoms with Gasteiger partial charge in [-0.15, -0.1) is 0 Å². The lowest BCUT2D eigenvalue weighted by molar-refractivity contribution is -0.121.